The Labute approximate surface area is 128 Å². The molecule has 0 heterocycles. The first-order valence-electron chi connectivity index (χ1n) is 7.56. The van der Waals surface area contributed by atoms with E-state index in [1.807, 2.05) is 19.1 Å². The van der Waals surface area contributed by atoms with E-state index >= 15 is 0 Å². The van der Waals surface area contributed by atoms with Gasteiger partial charge in [0.1, 0.15) is 11.3 Å². The number of nitrogens with one attached hydrogen (secondary N) is 1. The normalized spacial score (nSPS) is 13.3. The quantitative estimate of drug-likeness (QED) is 0.758. The van der Waals surface area contributed by atoms with Crippen molar-refractivity contribution in [2.24, 2.45) is 0 Å². The van der Waals surface area contributed by atoms with Crippen LogP contribution in [0.3, 0.4) is 0 Å². The molecule has 21 heavy (non-hydrogen) atoms. The average Bonchev–Trinajstić information content (AvgIpc) is 2.53. The molecule has 116 valence electrons. The third-order valence-corrected chi connectivity index (χ3v) is 3.70. The number of nitrogens with zero attached hydrogens (tertiary/aromatic N) is 2. The number of benzene rings is 1. The van der Waals surface area contributed by atoms with Crippen LogP contribution in [0, 0.1) is 11.3 Å². The second-order valence-corrected chi connectivity index (χ2v) is 5.59. The fourth-order valence-corrected chi connectivity index (χ4v) is 2.22. The van der Waals surface area contributed by atoms with Gasteiger partial charge in [-0.15, -0.1) is 0 Å². The van der Waals surface area contributed by atoms with Gasteiger partial charge in [-0.3, -0.25) is 5.32 Å². The van der Waals surface area contributed by atoms with Gasteiger partial charge in [0.2, 0.25) is 0 Å². The van der Waals surface area contributed by atoms with Crippen LogP contribution in [-0.2, 0) is 0 Å². The molecular formula is C17H27N3O. The fourth-order valence-electron chi connectivity index (χ4n) is 2.22. The summed E-state index contributed by atoms with van der Waals surface area (Å²) in [5.41, 5.74) is 0.743. The van der Waals surface area contributed by atoms with Gasteiger partial charge in [0, 0.05) is 19.3 Å². The van der Waals surface area contributed by atoms with Crippen LogP contribution in [0.5, 0.6) is 5.75 Å². The zero-order valence-corrected chi connectivity index (χ0v) is 13.6. The molecule has 0 aliphatic carbocycles. The number of hydrogen-bond acceptors (Lipinski definition) is 4. The van der Waals surface area contributed by atoms with Crippen molar-refractivity contribution in [1.29, 1.82) is 5.26 Å². The molecule has 0 bridgehead atoms. The van der Waals surface area contributed by atoms with E-state index in [0.29, 0.717) is 0 Å². The maximum atomic E-state index is 9.31. The molecule has 1 N–H and O–H groups in total. The smallest absolute Gasteiger partial charge is 0.119 e. The van der Waals surface area contributed by atoms with E-state index in [2.05, 4.69) is 42.4 Å². The largest absolute Gasteiger partial charge is 0.497 e. The summed E-state index contributed by atoms with van der Waals surface area (Å²) in [5.74, 6) is 0.868. The molecular weight excluding hydrogens is 262 g/mol. The predicted molar refractivity (Wildman–Crippen MR) is 87.8 cm³/mol. The fraction of sp³-hybridized carbons (Fsp3) is 0.588. The van der Waals surface area contributed by atoms with Gasteiger partial charge < -0.3 is 9.64 Å². The topological polar surface area (TPSA) is 48.3 Å². The molecule has 0 aromatic heterocycles. The highest BCUT2D eigenvalue weighted by Crippen LogP contribution is 2.19. The molecule has 0 radical (unpaired) electrons. The first-order valence-corrected chi connectivity index (χ1v) is 7.56. The van der Waals surface area contributed by atoms with E-state index < -0.39 is 5.54 Å². The van der Waals surface area contributed by atoms with Gasteiger partial charge in [-0.25, -0.2) is 0 Å². The van der Waals surface area contributed by atoms with Gasteiger partial charge in [-0.1, -0.05) is 6.92 Å². The highest BCUT2D eigenvalue weighted by atomic mass is 16.5. The van der Waals surface area contributed by atoms with Crippen molar-refractivity contribution in [3.05, 3.63) is 24.3 Å². The van der Waals surface area contributed by atoms with E-state index in [9.17, 15) is 5.26 Å². The Balaban J connectivity index is 2.44. The van der Waals surface area contributed by atoms with E-state index in [1.165, 1.54) is 0 Å². The number of methoxy groups -OCH3 is 1. The van der Waals surface area contributed by atoms with Crippen molar-refractivity contribution < 1.29 is 4.74 Å². The second kappa shape index (κ2) is 8.53. The van der Waals surface area contributed by atoms with Gasteiger partial charge in [0.15, 0.2) is 0 Å². The lowest BCUT2D eigenvalue weighted by Gasteiger charge is -2.25. The first kappa shape index (κ1) is 17.3. The molecule has 0 spiro atoms. The first-order chi connectivity index (χ1) is 10.0. The third-order valence-electron chi connectivity index (χ3n) is 3.70. The van der Waals surface area contributed by atoms with E-state index in [1.54, 1.807) is 7.11 Å². The van der Waals surface area contributed by atoms with E-state index in [4.69, 9.17) is 4.74 Å². The van der Waals surface area contributed by atoms with Gasteiger partial charge >= 0.3 is 0 Å². The van der Waals surface area contributed by atoms with Crippen molar-refractivity contribution in [3.8, 4) is 11.8 Å². The molecule has 0 fully saturated rings. The maximum Gasteiger partial charge on any atom is 0.119 e. The Morgan fingerprint density at radius 1 is 1.33 bits per heavy atom. The number of ether oxygens (including phenoxy) is 1. The molecule has 1 atom stereocenters. The van der Waals surface area contributed by atoms with Crippen LogP contribution in [-0.4, -0.2) is 32.8 Å². The van der Waals surface area contributed by atoms with Gasteiger partial charge in [-0.05, 0) is 57.0 Å². The van der Waals surface area contributed by atoms with Crippen LogP contribution in [0.15, 0.2) is 24.3 Å². The molecule has 4 heteroatoms. The minimum Gasteiger partial charge on any atom is -0.497 e. The van der Waals surface area contributed by atoms with Crippen LogP contribution < -0.4 is 15.0 Å². The maximum absolute atomic E-state index is 9.31. The lowest BCUT2D eigenvalue weighted by molar-refractivity contribution is 0.408. The zero-order valence-electron chi connectivity index (χ0n) is 13.6. The Morgan fingerprint density at radius 2 is 2.00 bits per heavy atom. The number of nitriles is 1. The van der Waals surface area contributed by atoms with Crippen molar-refractivity contribution in [3.63, 3.8) is 0 Å². The highest BCUT2D eigenvalue weighted by molar-refractivity contribution is 5.48. The van der Waals surface area contributed by atoms with Crippen molar-refractivity contribution in [2.75, 3.05) is 32.1 Å². The third kappa shape index (κ3) is 5.65. The van der Waals surface area contributed by atoms with Crippen molar-refractivity contribution >= 4 is 5.69 Å². The Kier molecular flexibility index (Phi) is 7.04. The van der Waals surface area contributed by atoms with E-state index in [0.717, 1.165) is 43.8 Å². The SMILES string of the molecule is CCCNC(C)(C#N)CCCN(C)c1ccc(OC)cc1. The van der Waals surface area contributed by atoms with Crippen LogP contribution in [0.25, 0.3) is 0 Å². The van der Waals surface area contributed by atoms with Gasteiger partial charge in [0.25, 0.3) is 0 Å². The lowest BCUT2D eigenvalue weighted by Crippen LogP contribution is -2.41. The molecule has 1 aromatic rings. The Hall–Kier alpha value is -1.73. The summed E-state index contributed by atoms with van der Waals surface area (Å²) in [6, 6.07) is 10.4. The number of hydrogen-bond donors (Lipinski definition) is 1. The number of anilines is 1. The van der Waals surface area contributed by atoms with Gasteiger partial charge in [-0.2, -0.15) is 5.26 Å². The summed E-state index contributed by atoms with van der Waals surface area (Å²) < 4.78 is 5.16. The minimum absolute atomic E-state index is 0.420. The van der Waals surface area contributed by atoms with E-state index in [-0.39, 0.29) is 0 Å². The predicted octanol–water partition coefficient (Wildman–Crippen LogP) is 3.19. The van der Waals surface area contributed by atoms with Crippen LogP contribution in [0.2, 0.25) is 0 Å². The number of rotatable bonds is 9. The van der Waals surface area contributed by atoms with Gasteiger partial charge in [0.05, 0.1) is 13.2 Å². The lowest BCUT2D eigenvalue weighted by atomic mass is 9.97. The van der Waals surface area contributed by atoms with Crippen molar-refractivity contribution in [1.82, 2.24) is 5.32 Å². The Bertz CT molecular complexity index is 452. The summed E-state index contributed by atoms with van der Waals surface area (Å²) in [7, 11) is 3.75. The summed E-state index contributed by atoms with van der Waals surface area (Å²) in [6.45, 7) is 5.91. The summed E-state index contributed by atoms with van der Waals surface area (Å²) in [5, 5.41) is 12.6. The van der Waals surface area contributed by atoms with Crippen LogP contribution in [0.1, 0.15) is 33.1 Å². The zero-order chi connectivity index (χ0) is 15.7. The summed E-state index contributed by atoms with van der Waals surface area (Å²) in [4.78, 5) is 2.21. The Morgan fingerprint density at radius 3 is 2.52 bits per heavy atom. The average molecular weight is 289 g/mol. The molecule has 0 saturated heterocycles. The molecule has 0 aliphatic rings. The summed E-state index contributed by atoms with van der Waals surface area (Å²) >= 11 is 0. The summed E-state index contributed by atoms with van der Waals surface area (Å²) in [6.07, 6.45) is 2.87. The van der Waals surface area contributed by atoms with Crippen molar-refractivity contribution in [2.45, 2.75) is 38.6 Å². The second-order valence-electron chi connectivity index (χ2n) is 5.59. The molecule has 1 unspecified atom stereocenters. The highest BCUT2D eigenvalue weighted by Gasteiger charge is 2.21. The molecule has 4 nitrogen and oxygen atoms in total. The molecule has 1 aromatic carbocycles. The molecule has 0 saturated carbocycles. The minimum atomic E-state index is -0.420. The molecule has 0 amide bonds. The molecule has 0 aliphatic heterocycles. The standard InChI is InChI=1S/C17H27N3O/c1-5-12-19-17(2,14-18)11-6-13-20(3)15-7-9-16(21-4)10-8-15/h7-10,19H,5-6,11-13H2,1-4H3. The molecule has 1 rings (SSSR count). The van der Waals surface area contributed by atoms with Crippen LogP contribution >= 0.6 is 0 Å². The van der Waals surface area contributed by atoms with Crippen LogP contribution in [0.4, 0.5) is 5.69 Å². The monoisotopic (exact) mass is 289 g/mol.